The number of benzene rings is 1. The maximum atomic E-state index is 14.6. The Kier molecular flexibility index (Phi) is 5.43. The molecule has 4 heterocycles. The van der Waals surface area contributed by atoms with Crippen LogP contribution in [-0.2, 0) is 27.2 Å². The molecular formula is C23H21ClFN7O3. The number of nitrogens with zero attached hydrogens (tertiary/aromatic N) is 6. The van der Waals surface area contributed by atoms with E-state index >= 15 is 0 Å². The molecule has 0 aliphatic carbocycles. The average Bonchev–Trinajstić information content (AvgIpc) is 3.34. The Labute approximate surface area is 203 Å². The van der Waals surface area contributed by atoms with Crippen LogP contribution >= 0.6 is 11.6 Å². The van der Waals surface area contributed by atoms with Crippen molar-refractivity contribution in [1.82, 2.24) is 24.3 Å². The highest BCUT2D eigenvalue weighted by Crippen LogP contribution is 2.31. The SMILES string of the molecule is C[C@H](Nc1ccc(Cl)nc1C(=O)O)c1cc(F)cc2c(=O)n(C)c(N3Cc4cn(C)nc4C3)nc12. The molecule has 0 saturated carbocycles. The number of pyridine rings is 1. The number of carboxylic acids is 1. The van der Waals surface area contributed by atoms with Crippen LogP contribution in [0, 0.1) is 5.82 Å². The number of nitrogens with one attached hydrogen (secondary N) is 1. The Morgan fingerprint density at radius 3 is 2.71 bits per heavy atom. The van der Waals surface area contributed by atoms with Crippen LogP contribution in [0.4, 0.5) is 16.0 Å². The summed E-state index contributed by atoms with van der Waals surface area (Å²) in [5.74, 6) is -1.43. The fraction of sp³-hybridized carbons (Fsp3) is 0.261. The fourth-order valence-corrected chi connectivity index (χ4v) is 4.57. The molecule has 12 heteroatoms. The number of fused-ring (bicyclic) bond motifs is 2. The number of rotatable bonds is 5. The normalized spacial score (nSPS) is 13.8. The van der Waals surface area contributed by atoms with Gasteiger partial charge in [0, 0.05) is 38.0 Å². The van der Waals surface area contributed by atoms with E-state index < -0.39 is 17.8 Å². The molecule has 10 nitrogen and oxygen atoms in total. The molecule has 2 N–H and O–H groups in total. The Bertz CT molecular complexity index is 1540. The first-order valence-electron chi connectivity index (χ1n) is 10.7. The molecule has 4 aromatic rings. The number of aromatic nitrogens is 5. The maximum absolute atomic E-state index is 14.6. The van der Waals surface area contributed by atoms with Crippen molar-refractivity contribution >= 4 is 40.1 Å². The minimum Gasteiger partial charge on any atom is -0.476 e. The standard InChI is InChI=1S/C23H21ClFN7O3/c1-11(26-16-4-5-18(24)27-20(16)22(34)35)14-6-13(25)7-15-19(14)28-23(31(3)21(15)33)32-9-12-8-30(2)29-17(12)10-32/h4-8,11,26H,9-10H2,1-3H3,(H,34,35)/t11-/m0/s1. The maximum Gasteiger partial charge on any atom is 0.356 e. The van der Waals surface area contributed by atoms with E-state index in [0.717, 1.165) is 17.3 Å². The van der Waals surface area contributed by atoms with Gasteiger partial charge in [-0.15, -0.1) is 0 Å². The van der Waals surface area contributed by atoms with Crippen molar-refractivity contribution in [1.29, 1.82) is 0 Å². The van der Waals surface area contributed by atoms with Crippen molar-refractivity contribution in [3.05, 3.63) is 74.3 Å². The van der Waals surface area contributed by atoms with Gasteiger partial charge in [0.05, 0.1) is 34.9 Å². The molecule has 0 radical (unpaired) electrons. The zero-order chi connectivity index (χ0) is 25.0. The molecule has 0 unspecified atom stereocenters. The highest BCUT2D eigenvalue weighted by Gasteiger charge is 2.27. The number of aryl methyl sites for hydroxylation is 1. The Balaban J connectivity index is 1.59. The van der Waals surface area contributed by atoms with Crippen LogP contribution in [0.15, 0.2) is 35.3 Å². The highest BCUT2D eigenvalue weighted by atomic mass is 35.5. The van der Waals surface area contributed by atoms with Gasteiger partial charge in [-0.2, -0.15) is 5.10 Å². The van der Waals surface area contributed by atoms with Crippen LogP contribution in [0.5, 0.6) is 0 Å². The van der Waals surface area contributed by atoms with E-state index in [1.807, 2.05) is 18.1 Å². The van der Waals surface area contributed by atoms with Crippen molar-refractivity contribution in [2.24, 2.45) is 14.1 Å². The summed E-state index contributed by atoms with van der Waals surface area (Å²) in [5, 5.41) is 17.2. The van der Waals surface area contributed by atoms with Gasteiger partial charge in [0.2, 0.25) is 5.95 Å². The predicted octanol–water partition coefficient (Wildman–Crippen LogP) is 3.25. The van der Waals surface area contributed by atoms with Gasteiger partial charge in [-0.05, 0) is 31.2 Å². The van der Waals surface area contributed by atoms with Crippen LogP contribution in [0.2, 0.25) is 5.15 Å². The average molecular weight is 498 g/mol. The summed E-state index contributed by atoms with van der Waals surface area (Å²) in [6.45, 7) is 2.76. The first kappa shape index (κ1) is 22.8. The Morgan fingerprint density at radius 2 is 2.00 bits per heavy atom. The molecule has 0 spiro atoms. The third kappa shape index (κ3) is 3.97. The molecule has 1 aliphatic heterocycles. The van der Waals surface area contributed by atoms with E-state index in [9.17, 15) is 19.1 Å². The van der Waals surface area contributed by atoms with E-state index in [1.54, 1.807) is 18.7 Å². The van der Waals surface area contributed by atoms with Crippen molar-refractivity contribution in [2.75, 3.05) is 10.2 Å². The van der Waals surface area contributed by atoms with Gasteiger partial charge >= 0.3 is 5.97 Å². The molecule has 0 fully saturated rings. The summed E-state index contributed by atoms with van der Waals surface area (Å²) in [5.41, 5.74) is 2.24. The molecule has 1 atom stereocenters. The van der Waals surface area contributed by atoms with Gasteiger partial charge in [0.1, 0.15) is 11.0 Å². The quantitative estimate of drug-likeness (QED) is 0.403. The summed E-state index contributed by atoms with van der Waals surface area (Å²) in [4.78, 5) is 35.4. The van der Waals surface area contributed by atoms with E-state index in [4.69, 9.17) is 16.6 Å². The van der Waals surface area contributed by atoms with E-state index in [1.165, 1.54) is 22.8 Å². The molecular weight excluding hydrogens is 477 g/mol. The summed E-state index contributed by atoms with van der Waals surface area (Å²) >= 11 is 5.85. The number of carboxylic acid groups (broad SMARTS) is 1. The molecule has 180 valence electrons. The monoisotopic (exact) mass is 497 g/mol. The molecule has 3 aromatic heterocycles. The second kappa shape index (κ2) is 8.35. The van der Waals surface area contributed by atoms with Gasteiger partial charge in [-0.3, -0.25) is 14.0 Å². The molecule has 0 amide bonds. The first-order valence-corrected chi connectivity index (χ1v) is 11.1. The highest BCUT2D eigenvalue weighted by molar-refractivity contribution is 6.29. The van der Waals surface area contributed by atoms with Crippen LogP contribution in [0.25, 0.3) is 10.9 Å². The molecule has 35 heavy (non-hydrogen) atoms. The number of aromatic carboxylic acids is 1. The van der Waals surface area contributed by atoms with Crippen LogP contribution in [-0.4, -0.2) is 35.4 Å². The van der Waals surface area contributed by atoms with Crippen molar-refractivity contribution in [2.45, 2.75) is 26.1 Å². The van der Waals surface area contributed by atoms with E-state index in [2.05, 4.69) is 15.4 Å². The third-order valence-corrected chi connectivity index (χ3v) is 6.24. The number of hydrogen-bond donors (Lipinski definition) is 2. The lowest BCUT2D eigenvalue weighted by Crippen LogP contribution is -2.29. The van der Waals surface area contributed by atoms with Gasteiger partial charge in [0.25, 0.3) is 5.56 Å². The van der Waals surface area contributed by atoms with Crippen molar-refractivity contribution in [3.8, 4) is 0 Å². The van der Waals surface area contributed by atoms with Crippen molar-refractivity contribution in [3.63, 3.8) is 0 Å². The van der Waals surface area contributed by atoms with Crippen LogP contribution in [0.1, 0.15) is 40.3 Å². The van der Waals surface area contributed by atoms with Gasteiger partial charge < -0.3 is 15.3 Å². The lowest BCUT2D eigenvalue weighted by Gasteiger charge is -2.22. The Hall–Kier alpha value is -3.99. The first-order chi connectivity index (χ1) is 16.6. The number of hydrogen-bond acceptors (Lipinski definition) is 7. The summed E-state index contributed by atoms with van der Waals surface area (Å²) in [6.07, 6.45) is 1.93. The van der Waals surface area contributed by atoms with Crippen LogP contribution < -0.4 is 15.8 Å². The number of halogens is 2. The largest absolute Gasteiger partial charge is 0.476 e. The second-order valence-corrected chi connectivity index (χ2v) is 8.89. The summed E-state index contributed by atoms with van der Waals surface area (Å²) in [6, 6.07) is 4.79. The van der Waals surface area contributed by atoms with Gasteiger partial charge in [-0.25, -0.2) is 19.2 Å². The van der Waals surface area contributed by atoms with Gasteiger partial charge in [-0.1, -0.05) is 11.6 Å². The molecule has 5 rings (SSSR count). The molecule has 1 aliphatic rings. The lowest BCUT2D eigenvalue weighted by molar-refractivity contribution is 0.0691. The lowest BCUT2D eigenvalue weighted by atomic mass is 10.0. The number of anilines is 2. The minimum absolute atomic E-state index is 0.0351. The van der Waals surface area contributed by atoms with E-state index in [0.29, 0.717) is 30.1 Å². The predicted molar refractivity (Wildman–Crippen MR) is 128 cm³/mol. The minimum atomic E-state index is -1.26. The molecule has 0 saturated heterocycles. The second-order valence-electron chi connectivity index (χ2n) is 8.50. The summed E-state index contributed by atoms with van der Waals surface area (Å²) in [7, 11) is 3.46. The van der Waals surface area contributed by atoms with Crippen LogP contribution in [0.3, 0.4) is 0 Å². The molecule has 1 aromatic carbocycles. The number of carbonyl (C=O) groups is 1. The fourth-order valence-electron chi connectivity index (χ4n) is 4.43. The van der Waals surface area contributed by atoms with E-state index in [-0.39, 0.29) is 27.5 Å². The summed E-state index contributed by atoms with van der Waals surface area (Å²) < 4.78 is 17.8. The van der Waals surface area contributed by atoms with Gasteiger partial charge in [0.15, 0.2) is 5.69 Å². The third-order valence-electron chi connectivity index (χ3n) is 6.03. The Morgan fingerprint density at radius 1 is 1.23 bits per heavy atom. The molecule has 0 bridgehead atoms. The van der Waals surface area contributed by atoms with Crippen molar-refractivity contribution < 1.29 is 14.3 Å². The smallest absolute Gasteiger partial charge is 0.356 e. The topological polar surface area (TPSA) is 118 Å². The zero-order valence-corrected chi connectivity index (χ0v) is 19.8. The zero-order valence-electron chi connectivity index (χ0n) is 19.1.